The molecule has 0 radical (unpaired) electrons. The highest BCUT2D eigenvalue weighted by molar-refractivity contribution is 7.90. The lowest BCUT2D eigenvalue weighted by Gasteiger charge is -2.18. The number of nitro groups is 1. The van der Waals surface area contributed by atoms with Crippen LogP contribution in [-0.2, 0) is 14.6 Å². The number of carbonyl (C=O) groups is 1. The van der Waals surface area contributed by atoms with E-state index >= 15 is 0 Å². The minimum atomic E-state index is -4.09. The van der Waals surface area contributed by atoms with Gasteiger partial charge in [0.15, 0.2) is 6.10 Å². The van der Waals surface area contributed by atoms with Gasteiger partial charge in [0.05, 0.1) is 16.6 Å². The number of nitrogens with zero attached hydrogens (tertiary/aromatic N) is 4. The normalized spacial score (nSPS) is 12.1. The molecule has 1 aromatic carbocycles. The number of hydrogen-bond acceptors (Lipinski definition) is 10. The van der Waals surface area contributed by atoms with Crippen LogP contribution in [0, 0.1) is 34.3 Å². The first-order valence-electron chi connectivity index (χ1n) is 8.69. The highest BCUT2D eigenvalue weighted by Crippen LogP contribution is 2.39. The van der Waals surface area contributed by atoms with Crippen LogP contribution in [0.15, 0.2) is 23.4 Å². The van der Waals surface area contributed by atoms with Gasteiger partial charge in [0.25, 0.3) is 5.16 Å². The summed E-state index contributed by atoms with van der Waals surface area (Å²) in [5.74, 6) is -3.70. The van der Waals surface area contributed by atoms with E-state index in [0.717, 1.165) is 6.26 Å². The number of aryl methyl sites for hydroxylation is 1. The Balaban J connectivity index is 2.76. The summed E-state index contributed by atoms with van der Waals surface area (Å²) in [6, 6.07) is 6.19. The Hall–Kier alpha value is -3.79. The van der Waals surface area contributed by atoms with Crippen molar-refractivity contribution in [3.8, 4) is 23.6 Å². The number of carboxylic acid groups (broad SMARTS) is 1. The fourth-order valence-corrected chi connectivity index (χ4v) is 2.84. The zero-order chi connectivity index (χ0) is 23.5. The van der Waals surface area contributed by atoms with Gasteiger partial charge in [-0.15, -0.1) is 0 Å². The zero-order valence-electron chi connectivity index (χ0n) is 16.9. The lowest BCUT2D eigenvalue weighted by atomic mass is 10.1. The third-order valence-corrected chi connectivity index (χ3v) is 4.77. The van der Waals surface area contributed by atoms with Crippen LogP contribution in [-0.4, -0.2) is 46.7 Å². The van der Waals surface area contributed by atoms with Crippen molar-refractivity contribution in [3.05, 3.63) is 39.4 Å². The molecular formula is C18H18N4O8S. The number of carboxylic acids is 1. The molecule has 2 aromatic rings. The van der Waals surface area contributed by atoms with E-state index in [1.807, 2.05) is 6.07 Å². The Morgan fingerprint density at radius 3 is 2.39 bits per heavy atom. The topological polar surface area (TPSA) is 183 Å². The van der Waals surface area contributed by atoms with Crippen molar-refractivity contribution >= 4 is 21.5 Å². The lowest BCUT2D eigenvalue weighted by molar-refractivity contribution is -0.387. The molecule has 0 saturated carbocycles. The predicted molar refractivity (Wildman–Crippen MR) is 105 cm³/mol. The Kier molecular flexibility index (Phi) is 6.76. The average Bonchev–Trinajstić information content (AvgIpc) is 2.65. The Bertz CT molecular complexity index is 1190. The van der Waals surface area contributed by atoms with Gasteiger partial charge < -0.3 is 14.6 Å². The molecule has 1 unspecified atom stereocenters. The molecule has 31 heavy (non-hydrogen) atoms. The molecule has 0 bridgehead atoms. The van der Waals surface area contributed by atoms with Crippen molar-refractivity contribution in [2.45, 2.75) is 32.0 Å². The molecular weight excluding hydrogens is 432 g/mol. The molecule has 2 rings (SSSR count). The number of aliphatic carboxylic acids is 1. The van der Waals surface area contributed by atoms with E-state index in [-0.39, 0.29) is 11.3 Å². The second kappa shape index (κ2) is 8.92. The summed E-state index contributed by atoms with van der Waals surface area (Å²) in [4.78, 5) is 29.5. The molecule has 164 valence electrons. The van der Waals surface area contributed by atoms with Crippen LogP contribution in [0.1, 0.15) is 25.0 Å². The number of ether oxygens (including phenoxy) is 2. The highest BCUT2D eigenvalue weighted by Gasteiger charge is 2.35. The molecule has 12 nitrogen and oxygen atoms in total. The molecule has 0 aliphatic rings. The summed E-state index contributed by atoms with van der Waals surface area (Å²) in [6.07, 6.45) is -0.794. The summed E-state index contributed by atoms with van der Waals surface area (Å²) in [5.41, 5.74) is -0.301. The fourth-order valence-electron chi connectivity index (χ4n) is 2.35. The number of sulfone groups is 1. The molecule has 0 fully saturated rings. The maximum atomic E-state index is 12.0. The molecule has 1 N–H and O–H groups in total. The minimum Gasteiger partial charge on any atom is -0.478 e. The van der Waals surface area contributed by atoms with Gasteiger partial charge in [0.2, 0.25) is 9.84 Å². The molecule has 0 aliphatic carbocycles. The monoisotopic (exact) mass is 450 g/mol. The van der Waals surface area contributed by atoms with Crippen molar-refractivity contribution in [3.63, 3.8) is 0 Å². The molecule has 0 amide bonds. The first-order valence-corrected chi connectivity index (χ1v) is 10.6. The summed E-state index contributed by atoms with van der Waals surface area (Å²) in [7, 11) is -4.09. The third kappa shape index (κ3) is 5.43. The zero-order valence-corrected chi connectivity index (χ0v) is 17.7. The van der Waals surface area contributed by atoms with Crippen molar-refractivity contribution in [1.82, 2.24) is 9.97 Å². The third-order valence-electron chi connectivity index (χ3n) is 3.93. The van der Waals surface area contributed by atoms with Crippen LogP contribution in [0.5, 0.6) is 17.5 Å². The standard InChI is InChI=1S/C18H18N4O8S/c1-9(2)14(17(23)24)30-16-13(22(25)26)15(20-18(21-16)31(4,27)28)29-12-7-11(8-19)6-5-10(12)3/h5-7,9,14H,1-4H3,(H,23,24). The number of hydrogen-bond donors (Lipinski definition) is 1. The van der Waals surface area contributed by atoms with E-state index in [1.165, 1.54) is 32.0 Å². The SMILES string of the molecule is Cc1ccc(C#N)cc1Oc1nc(S(C)(=O)=O)nc(OC(C(=O)O)C(C)C)c1[N+](=O)[O-]. The van der Waals surface area contributed by atoms with Crippen LogP contribution in [0.4, 0.5) is 5.69 Å². The molecule has 0 spiro atoms. The Morgan fingerprint density at radius 1 is 1.29 bits per heavy atom. The molecule has 1 atom stereocenters. The van der Waals surface area contributed by atoms with Crippen LogP contribution in [0.25, 0.3) is 0 Å². The molecule has 1 aromatic heterocycles. The lowest BCUT2D eigenvalue weighted by Crippen LogP contribution is -2.33. The van der Waals surface area contributed by atoms with Crippen molar-refractivity contribution < 1.29 is 32.7 Å². The van der Waals surface area contributed by atoms with Gasteiger partial charge in [0.1, 0.15) is 5.75 Å². The van der Waals surface area contributed by atoms with Crippen LogP contribution in [0.3, 0.4) is 0 Å². The van der Waals surface area contributed by atoms with Gasteiger partial charge >= 0.3 is 23.4 Å². The summed E-state index contributed by atoms with van der Waals surface area (Å²) in [5, 5.41) is 29.3. The number of rotatable bonds is 8. The van der Waals surface area contributed by atoms with E-state index in [0.29, 0.717) is 5.56 Å². The van der Waals surface area contributed by atoms with Crippen LogP contribution < -0.4 is 9.47 Å². The van der Waals surface area contributed by atoms with E-state index < -0.39 is 55.4 Å². The first kappa shape index (κ1) is 23.5. The average molecular weight is 450 g/mol. The molecule has 13 heteroatoms. The maximum absolute atomic E-state index is 12.0. The van der Waals surface area contributed by atoms with E-state index in [1.54, 1.807) is 6.92 Å². The largest absolute Gasteiger partial charge is 0.478 e. The molecule has 0 aliphatic heterocycles. The van der Waals surface area contributed by atoms with Gasteiger partial charge in [-0.05, 0) is 24.6 Å². The predicted octanol–water partition coefficient (Wildman–Crippen LogP) is 2.25. The van der Waals surface area contributed by atoms with Crippen LogP contribution in [0.2, 0.25) is 0 Å². The van der Waals surface area contributed by atoms with E-state index in [4.69, 9.17) is 14.7 Å². The Labute approximate surface area is 177 Å². The van der Waals surface area contributed by atoms with Gasteiger partial charge in [-0.3, -0.25) is 10.1 Å². The van der Waals surface area contributed by atoms with E-state index in [2.05, 4.69) is 9.97 Å². The molecule has 0 saturated heterocycles. The number of aromatic nitrogens is 2. The first-order chi connectivity index (χ1) is 14.3. The molecule has 1 heterocycles. The van der Waals surface area contributed by atoms with Crippen LogP contribution >= 0.6 is 0 Å². The van der Waals surface area contributed by atoms with E-state index in [9.17, 15) is 28.4 Å². The quantitative estimate of drug-likeness (QED) is 0.353. The fraction of sp³-hybridized carbons (Fsp3) is 0.333. The summed E-state index contributed by atoms with van der Waals surface area (Å²) < 4.78 is 34.8. The minimum absolute atomic E-state index is 0.00453. The van der Waals surface area contributed by atoms with Crippen molar-refractivity contribution in [2.75, 3.05) is 6.26 Å². The summed E-state index contributed by atoms with van der Waals surface area (Å²) in [6.45, 7) is 4.59. The van der Waals surface area contributed by atoms with Gasteiger partial charge in [-0.2, -0.15) is 15.2 Å². The van der Waals surface area contributed by atoms with Crippen molar-refractivity contribution in [2.24, 2.45) is 5.92 Å². The second-order valence-corrected chi connectivity index (χ2v) is 8.72. The summed E-state index contributed by atoms with van der Waals surface area (Å²) >= 11 is 0. The van der Waals surface area contributed by atoms with Gasteiger partial charge in [-0.1, -0.05) is 19.9 Å². The van der Waals surface area contributed by atoms with Gasteiger partial charge in [0, 0.05) is 12.2 Å². The van der Waals surface area contributed by atoms with Gasteiger partial charge in [-0.25, -0.2) is 13.2 Å². The Morgan fingerprint density at radius 2 is 1.90 bits per heavy atom. The maximum Gasteiger partial charge on any atom is 0.392 e. The number of benzene rings is 1. The second-order valence-electron chi connectivity index (χ2n) is 6.81. The smallest absolute Gasteiger partial charge is 0.392 e. The van der Waals surface area contributed by atoms with Crippen molar-refractivity contribution in [1.29, 1.82) is 5.26 Å². The number of nitriles is 1. The highest BCUT2D eigenvalue weighted by atomic mass is 32.2.